The number of nitrogens with one attached hydrogen (secondary N) is 3. The number of carbonyl (C=O) groups is 3. The Kier molecular flexibility index (Phi) is 8.03. The summed E-state index contributed by atoms with van der Waals surface area (Å²) < 4.78 is 9.81. The fourth-order valence-electron chi connectivity index (χ4n) is 7.91. The van der Waals surface area contributed by atoms with E-state index in [1.54, 1.807) is 7.11 Å². The molecule has 0 unspecified atom stereocenters. The summed E-state index contributed by atoms with van der Waals surface area (Å²) in [4.78, 5) is 58.3. The van der Waals surface area contributed by atoms with Crippen molar-refractivity contribution >= 4 is 40.0 Å². The highest BCUT2D eigenvalue weighted by Gasteiger charge is 2.45. The number of benzene rings is 3. The summed E-state index contributed by atoms with van der Waals surface area (Å²) in [6, 6.07) is 20.3. The molecule has 3 N–H and O–H groups in total. The van der Waals surface area contributed by atoms with Gasteiger partial charge in [-0.05, 0) is 85.0 Å². The van der Waals surface area contributed by atoms with E-state index in [1.165, 1.54) is 7.11 Å². The van der Waals surface area contributed by atoms with Gasteiger partial charge < -0.3 is 34.6 Å². The topological polar surface area (TPSA) is 146 Å². The lowest BCUT2D eigenvalue weighted by Crippen LogP contribution is -2.54. The van der Waals surface area contributed by atoms with Crippen molar-refractivity contribution in [2.24, 2.45) is 0 Å². The number of piperidine rings is 1. The maximum atomic E-state index is 13.4. The predicted octanol–water partition coefficient (Wildman–Crippen LogP) is 5.63. The summed E-state index contributed by atoms with van der Waals surface area (Å²) >= 11 is 0. The van der Waals surface area contributed by atoms with Crippen LogP contribution in [0.5, 0.6) is 0 Å². The lowest BCUT2D eigenvalue weighted by molar-refractivity contribution is -0.139. The van der Waals surface area contributed by atoms with Gasteiger partial charge in [-0.25, -0.2) is 14.8 Å². The number of hydrogen-bond acceptors (Lipinski definition) is 7. The SMILES string of the molecule is COCC(=O)N1CCC[C@H]1c1nc2ccc(-c3ccc(-c4ccc5nc([C@@H]6CC[C@@H]7CC[C@H](NC(=O)OC)C(=O)N76)[nH]c5c4)cc3)cc2[nH]1. The van der Waals surface area contributed by atoms with Crippen molar-refractivity contribution < 1.29 is 23.9 Å². The fourth-order valence-corrected chi connectivity index (χ4v) is 7.91. The van der Waals surface area contributed by atoms with Gasteiger partial charge in [-0.15, -0.1) is 0 Å². The van der Waals surface area contributed by atoms with E-state index < -0.39 is 12.1 Å². The van der Waals surface area contributed by atoms with Crippen molar-refractivity contribution in [1.29, 1.82) is 0 Å². The number of fused-ring (bicyclic) bond motifs is 3. The molecule has 5 heterocycles. The molecule has 5 aromatic rings. The highest BCUT2D eigenvalue weighted by atomic mass is 16.5. The maximum Gasteiger partial charge on any atom is 0.407 e. The normalized spacial score (nSPS) is 22.2. The summed E-state index contributed by atoms with van der Waals surface area (Å²) in [5.74, 6) is 1.50. The number of ether oxygens (including phenoxy) is 2. The van der Waals surface area contributed by atoms with Crippen molar-refractivity contribution in [3.8, 4) is 22.3 Å². The van der Waals surface area contributed by atoms with Gasteiger partial charge in [0, 0.05) is 19.7 Å². The van der Waals surface area contributed by atoms with E-state index in [4.69, 9.17) is 19.4 Å². The molecular weight excluding hydrogens is 622 g/mol. The molecule has 3 aromatic carbocycles. The second-order valence-corrected chi connectivity index (χ2v) is 13.2. The zero-order chi connectivity index (χ0) is 33.6. The molecule has 3 aliphatic rings. The molecule has 0 saturated carbocycles. The number of alkyl carbamates (subject to hydrolysis) is 1. The highest BCUT2D eigenvalue weighted by molar-refractivity contribution is 5.88. The number of rotatable bonds is 7. The second kappa shape index (κ2) is 12.7. The number of methoxy groups -OCH3 is 2. The zero-order valence-electron chi connectivity index (χ0n) is 27.6. The number of carbonyl (C=O) groups excluding carboxylic acids is 3. The van der Waals surface area contributed by atoms with Crippen molar-refractivity contribution in [2.45, 2.75) is 62.7 Å². The van der Waals surface area contributed by atoms with Crippen LogP contribution in [-0.2, 0) is 19.1 Å². The average molecular weight is 662 g/mol. The Labute approximate surface area is 283 Å². The van der Waals surface area contributed by atoms with Gasteiger partial charge in [-0.1, -0.05) is 36.4 Å². The Morgan fingerprint density at radius 1 is 0.796 bits per heavy atom. The summed E-state index contributed by atoms with van der Waals surface area (Å²) in [7, 11) is 2.85. The predicted molar refractivity (Wildman–Crippen MR) is 183 cm³/mol. The maximum absolute atomic E-state index is 13.4. The molecule has 3 saturated heterocycles. The summed E-state index contributed by atoms with van der Waals surface area (Å²) in [5.41, 5.74) is 7.90. The quantitative estimate of drug-likeness (QED) is 0.205. The van der Waals surface area contributed by atoms with Crippen LogP contribution < -0.4 is 5.32 Å². The van der Waals surface area contributed by atoms with Crippen LogP contribution in [0.4, 0.5) is 4.79 Å². The van der Waals surface area contributed by atoms with Crippen LogP contribution in [0, 0.1) is 0 Å². The van der Waals surface area contributed by atoms with Crippen molar-refractivity contribution in [3.05, 3.63) is 72.3 Å². The van der Waals surface area contributed by atoms with Gasteiger partial charge in [0.1, 0.15) is 24.3 Å². The van der Waals surface area contributed by atoms with Gasteiger partial charge in [-0.3, -0.25) is 9.59 Å². The third-order valence-electron chi connectivity index (χ3n) is 10.3. The molecule has 2 aromatic heterocycles. The first-order valence-electron chi connectivity index (χ1n) is 17.0. The third-order valence-corrected chi connectivity index (χ3v) is 10.3. The zero-order valence-corrected chi connectivity index (χ0v) is 27.6. The van der Waals surface area contributed by atoms with Gasteiger partial charge in [-0.2, -0.15) is 0 Å². The second-order valence-electron chi connectivity index (χ2n) is 13.2. The summed E-state index contributed by atoms with van der Waals surface area (Å²) in [6.45, 7) is 0.795. The van der Waals surface area contributed by atoms with E-state index in [0.29, 0.717) is 13.0 Å². The largest absolute Gasteiger partial charge is 0.453 e. The molecule has 3 aliphatic heterocycles. The Hall–Kier alpha value is -5.23. The van der Waals surface area contributed by atoms with Gasteiger partial charge in [0.25, 0.3) is 0 Å². The van der Waals surface area contributed by atoms with E-state index in [2.05, 4.69) is 63.8 Å². The van der Waals surface area contributed by atoms with Crippen LogP contribution in [0.25, 0.3) is 44.3 Å². The lowest BCUT2D eigenvalue weighted by Gasteiger charge is -2.37. The number of imidazole rings is 2. The Morgan fingerprint density at radius 3 is 2.00 bits per heavy atom. The molecule has 0 spiro atoms. The van der Waals surface area contributed by atoms with Crippen LogP contribution in [0.15, 0.2) is 60.7 Å². The van der Waals surface area contributed by atoms with Gasteiger partial charge in [0.05, 0.1) is 41.3 Å². The molecule has 0 bridgehead atoms. The van der Waals surface area contributed by atoms with E-state index in [1.807, 2.05) is 21.9 Å². The van der Waals surface area contributed by atoms with Crippen LogP contribution in [0.2, 0.25) is 0 Å². The highest BCUT2D eigenvalue weighted by Crippen LogP contribution is 2.41. The molecule has 12 nitrogen and oxygen atoms in total. The number of likely N-dealkylation sites (tertiary alicyclic amines) is 1. The monoisotopic (exact) mass is 661 g/mol. The minimum absolute atomic E-state index is 0.0104. The van der Waals surface area contributed by atoms with E-state index in [9.17, 15) is 14.4 Å². The smallest absolute Gasteiger partial charge is 0.407 e. The van der Waals surface area contributed by atoms with Gasteiger partial charge in [0.2, 0.25) is 11.8 Å². The first kappa shape index (κ1) is 31.1. The number of aromatic amines is 2. The molecule has 49 heavy (non-hydrogen) atoms. The third kappa shape index (κ3) is 5.69. The Bertz CT molecular complexity index is 2050. The minimum atomic E-state index is -0.589. The molecule has 252 valence electrons. The Balaban J connectivity index is 0.995. The minimum Gasteiger partial charge on any atom is -0.453 e. The van der Waals surface area contributed by atoms with Gasteiger partial charge >= 0.3 is 6.09 Å². The van der Waals surface area contributed by atoms with Crippen molar-refractivity contribution in [2.75, 3.05) is 27.4 Å². The van der Waals surface area contributed by atoms with E-state index in [-0.39, 0.29) is 36.5 Å². The molecule has 3 fully saturated rings. The van der Waals surface area contributed by atoms with Crippen molar-refractivity contribution in [1.82, 2.24) is 35.1 Å². The number of hydrogen-bond donors (Lipinski definition) is 3. The number of amides is 3. The number of nitrogens with zero attached hydrogens (tertiary/aromatic N) is 4. The first-order chi connectivity index (χ1) is 23.9. The average Bonchev–Trinajstić information content (AvgIpc) is 3.93. The molecular formula is C37H39N7O5. The van der Waals surface area contributed by atoms with Crippen LogP contribution in [-0.4, -0.2) is 87.1 Å². The van der Waals surface area contributed by atoms with Crippen LogP contribution in [0.1, 0.15) is 62.3 Å². The van der Waals surface area contributed by atoms with Crippen molar-refractivity contribution in [3.63, 3.8) is 0 Å². The first-order valence-corrected chi connectivity index (χ1v) is 17.0. The molecule has 12 heteroatoms. The standard InChI is InChI=1S/C37H39N7O5/c1-48-20-33(45)43-17-3-4-31(43)34-38-26-13-9-23(18-29(26)40-34)21-5-7-22(8-6-21)24-10-14-27-30(19-24)41-35(39-27)32-16-12-25-11-15-28(36(46)44(25)32)42-37(47)49-2/h5-10,13-14,18-19,25,28,31-32H,3-4,11-12,15-17,20H2,1-2H3,(H,38,40)(H,39,41)(H,42,47)/t25-,28-,31-,32-/m0/s1. The lowest BCUT2D eigenvalue weighted by atomic mass is 9.98. The molecule has 0 aliphatic carbocycles. The fraction of sp³-hybridized carbons (Fsp3) is 0.378. The number of aromatic nitrogens is 4. The molecule has 4 atom stereocenters. The summed E-state index contributed by atoms with van der Waals surface area (Å²) in [6.07, 6.45) is 4.43. The van der Waals surface area contributed by atoms with Crippen LogP contribution in [0.3, 0.4) is 0 Å². The van der Waals surface area contributed by atoms with Gasteiger partial charge in [0.15, 0.2) is 0 Å². The van der Waals surface area contributed by atoms with E-state index >= 15 is 0 Å². The molecule has 3 amide bonds. The van der Waals surface area contributed by atoms with Crippen LogP contribution >= 0.6 is 0 Å². The Morgan fingerprint density at radius 2 is 1.39 bits per heavy atom. The molecule has 8 rings (SSSR count). The van der Waals surface area contributed by atoms with E-state index in [0.717, 1.165) is 88.1 Å². The number of H-pyrrole nitrogens is 2. The molecule has 0 radical (unpaired) electrons. The summed E-state index contributed by atoms with van der Waals surface area (Å²) in [5, 5.41) is 2.69.